The Labute approximate surface area is 186 Å². The van der Waals surface area contributed by atoms with Gasteiger partial charge in [-0.1, -0.05) is 17.7 Å². The summed E-state index contributed by atoms with van der Waals surface area (Å²) < 4.78 is 0. The molecule has 1 heterocycles. The van der Waals surface area contributed by atoms with Crippen LogP contribution in [0.15, 0.2) is 30.3 Å². The monoisotopic (exact) mass is 454 g/mol. The van der Waals surface area contributed by atoms with E-state index < -0.39 is 0 Å². The van der Waals surface area contributed by atoms with Crippen LogP contribution in [-0.2, 0) is 19.4 Å². The third kappa shape index (κ3) is 6.05. The van der Waals surface area contributed by atoms with Gasteiger partial charge in [-0.2, -0.15) is 0 Å². The van der Waals surface area contributed by atoms with Crippen molar-refractivity contribution >= 4 is 40.3 Å². The molecule has 1 fully saturated rings. The Balaban J connectivity index is 1.57. The molecule has 0 aliphatic heterocycles. The molecule has 1 aliphatic carbocycles. The van der Waals surface area contributed by atoms with Crippen molar-refractivity contribution in [3.63, 3.8) is 0 Å². The van der Waals surface area contributed by atoms with E-state index in [-0.39, 0.29) is 35.7 Å². The zero-order chi connectivity index (χ0) is 21.0. The van der Waals surface area contributed by atoms with Gasteiger partial charge in [-0.15, -0.1) is 22.9 Å². The third-order valence-corrected chi connectivity index (χ3v) is 7.88. The molecule has 1 aromatic carbocycles. The summed E-state index contributed by atoms with van der Waals surface area (Å²) in [7, 11) is 0. The van der Waals surface area contributed by atoms with E-state index in [2.05, 4.69) is 0 Å². The minimum atomic E-state index is -0.370. The first-order chi connectivity index (χ1) is 13.9. The summed E-state index contributed by atoms with van der Waals surface area (Å²) in [5, 5.41) is 20.6. The highest BCUT2D eigenvalue weighted by Crippen LogP contribution is 2.41. The molecule has 29 heavy (non-hydrogen) atoms. The Morgan fingerprint density at radius 2 is 1.90 bits per heavy atom. The number of alkyl halides is 1. The van der Waals surface area contributed by atoms with Crippen molar-refractivity contribution in [1.29, 1.82) is 0 Å². The second-order valence-electron chi connectivity index (χ2n) is 8.03. The fourth-order valence-electron chi connectivity index (χ4n) is 4.44. The van der Waals surface area contributed by atoms with Crippen LogP contribution >= 0.6 is 34.5 Å². The predicted octanol–water partition coefficient (Wildman–Crippen LogP) is 5.66. The fourth-order valence-corrected chi connectivity index (χ4v) is 6.16. The molecule has 2 aromatic rings. The summed E-state index contributed by atoms with van der Waals surface area (Å²) in [5.41, 5.74) is 1.90. The van der Waals surface area contributed by atoms with Crippen molar-refractivity contribution in [3.8, 4) is 0 Å². The largest absolute Gasteiger partial charge is 0.393 e. The highest BCUT2D eigenvalue weighted by Gasteiger charge is 2.40. The topological polar surface area (TPSA) is 57.5 Å². The first-order valence-electron chi connectivity index (χ1n) is 10.2. The van der Waals surface area contributed by atoms with Crippen molar-refractivity contribution in [2.24, 2.45) is 11.8 Å². The highest BCUT2D eigenvalue weighted by molar-refractivity contribution is 7.14. The van der Waals surface area contributed by atoms with Crippen LogP contribution in [0.2, 0.25) is 5.02 Å². The molecule has 0 spiro atoms. The molecule has 158 valence electrons. The number of thiophene rings is 1. The number of aliphatic hydroxyl groups is 2. The van der Waals surface area contributed by atoms with Gasteiger partial charge in [0.25, 0.3) is 0 Å². The van der Waals surface area contributed by atoms with Crippen LogP contribution in [0.5, 0.6) is 0 Å². The lowest BCUT2D eigenvalue weighted by Gasteiger charge is -2.23. The van der Waals surface area contributed by atoms with Gasteiger partial charge >= 0.3 is 0 Å². The van der Waals surface area contributed by atoms with Gasteiger partial charge in [-0.25, -0.2) is 0 Å². The molecular formula is C23H28Cl2O3S. The number of benzene rings is 1. The summed E-state index contributed by atoms with van der Waals surface area (Å²) in [6.45, 7) is 1.57. The van der Waals surface area contributed by atoms with Crippen molar-refractivity contribution in [1.82, 2.24) is 0 Å². The number of rotatable bonds is 9. The molecule has 0 amide bonds. The van der Waals surface area contributed by atoms with Crippen LogP contribution in [0.25, 0.3) is 0 Å². The van der Waals surface area contributed by atoms with Gasteiger partial charge in [0.1, 0.15) is 0 Å². The van der Waals surface area contributed by atoms with Gasteiger partial charge in [0.05, 0.1) is 17.6 Å². The molecule has 1 saturated carbocycles. The van der Waals surface area contributed by atoms with Gasteiger partial charge in [0.15, 0.2) is 5.78 Å². The number of hydrogen-bond acceptors (Lipinski definition) is 4. The molecule has 0 unspecified atom stereocenters. The first kappa shape index (κ1) is 22.8. The highest BCUT2D eigenvalue weighted by atomic mass is 35.5. The Morgan fingerprint density at radius 3 is 2.59 bits per heavy atom. The number of hydrogen-bond donors (Lipinski definition) is 2. The van der Waals surface area contributed by atoms with Crippen LogP contribution in [0, 0.1) is 11.8 Å². The lowest BCUT2D eigenvalue weighted by atomic mass is 9.85. The maximum atomic E-state index is 11.5. The van der Waals surface area contributed by atoms with Gasteiger partial charge in [-0.3, -0.25) is 4.79 Å². The number of ketones is 1. The molecule has 2 N–H and O–H groups in total. The molecular weight excluding hydrogens is 427 g/mol. The number of aliphatic hydroxyl groups excluding tert-OH is 2. The third-order valence-electron chi connectivity index (χ3n) is 5.91. The number of halogens is 2. The second kappa shape index (κ2) is 10.4. The van der Waals surface area contributed by atoms with Crippen LogP contribution in [0.3, 0.4) is 0 Å². The van der Waals surface area contributed by atoms with Crippen LogP contribution < -0.4 is 0 Å². The summed E-state index contributed by atoms with van der Waals surface area (Å²) in [4.78, 5) is 13.5. The minimum absolute atomic E-state index is 0.00141. The van der Waals surface area contributed by atoms with Crippen LogP contribution in [0.4, 0.5) is 0 Å². The number of carbonyl (C=O) groups is 1. The van der Waals surface area contributed by atoms with Crippen molar-refractivity contribution < 1.29 is 15.0 Å². The number of aryl methyl sites for hydroxylation is 2. The maximum Gasteiger partial charge on any atom is 0.169 e. The lowest BCUT2D eigenvalue weighted by Crippen LogP contribution is -2.21. The molecule has 3 rings (SSSR count). The average molecular weight is 455 g/mol. The number of carbonyl (C=O) groups excluding carboxylic acids is 1. The molecule has 3 nitrogen and oxygen atoms in total. The van der Waals surface area contributed by atoms with E-state index in [1.54, 1.807) is 24.3 Å². The standard InChI is InChI=1S/C23H28Cl2O3S/c1-14(27)23-8-6-18(29-23)3-2-4-19-20(22(28)12-21(19)25)7-5-15-9-16(13-26)11-17(24)10-15/h6,8-11,19-22,26,28H,2-5,7,12-13H2,1H3/t19-,20-,21-,22-/m1/s1. The van der Waals surface area contributed by atoms with E-state index in [0.29, 0.717) is 11.4 Å². The van der Waals surface area contributed by atoms with E-state index in [1.807, 2.05) is 24.3 Å². The molecule has 0 saturated heterocycles. The number of Topliss-reactive ketones (excluding diaryl/α,β-unsaturated/α-hetero) is 1. The Morgan fingerprint density at radius 1 is 1.14 bits per heavy atom. The fraction of sp³-hybridized carbons (Fsp3) is 0.522. The van der Waals surface area contributed by atoms with Crippen molar-refractivity contribution in [2.45, 2.75) is 63.5 Å². The summed E-state index contributed by atoms with van der Waals surface area (Å²) in [6, 6.07) is 9.62. The molecule has 1 aromatic heterocycles. The molecule has 4 atom stereocenters. The van der Waals surface area contributed by atoms with Crippen molar-refractivity contribution in [3.05, 3.63) is 56.2 Å². The second-order valence-corrected chi connectivity index (χ2v) is 10.2. The average Bonchev–Trinajstić information content (AvgIpc) is 3.25. The summed E-state index contributed by atoms with van der Waals surface area (Å²) in [5.74, 6) is 0.576. The van der Waals surface area contributed by atoms with Gasteiger partial charge in [0, 0.05) is 15.3 Å². The van der Waals surface area contributed by atoms with E-state index >= 15 is 0 Å². The van der Waals surface area contributed by atoms with E-state index in [4.69, 9.17) is 23.2 Å². The smallest absolute Gasteiger partial charge is 0.169 e. The maximum absolute atomic E-state index is 11.5. The Bertz CT molecular complexity index is 835. The van der Waals surface area contributed by atoms with Crippen LogP contribution in [0.1, 0.15) is 58.3 Å². The minimum Gasteiger partial charge on any atom is -0.393 e. The quantitative estimate of drug-likeness (QED) is 0.379. The van der Waals surface area contributed by atoms with E-state index in [1.165, 1.54) is 4.88 Å². The van der Waals surface area contributed by atoms with Crippen LogP contribution in [-0.4, -0.2) is 27.5 Å². The van der Waals surface area contributed by atoms with Gasteiger partial charge in [-0.05, 0) is 92.7 Å². The SMILES string of the molecule is CC(=O)c1ccc(CCC[C@@H]2[C@@H](CCc3cc(Cl)cc(CO)c3)[C@H](O)C[C@H]2Cl)s1. The predicted molar refractivity (Wildman–Crippen MR) is 120 cm³/mol. The molecule has 0 bridgehead atoms. The Hall–Kier alpha value is -0.910. The normalized spacial score (nSPS) is 24.2. The first-order valence-corrected chi connectivity index (χ1v) is 11.8. The Kier molecular flexibility index (Phi) is 8.17. The van der Waals surface area contributed by atoms with Crippen molar-refractivity contribution in [2.75, 3.05) is 0 Å². The summed E-state index contributed by atoms with van der Waals surface area (Å²) in [6.07, 6.45) is 4.85. The van der Waals surface area contributed by atoms with Gasteiger partial charge < -0.3 is 10.2 Å². The van der Waals surface area contributed by atoms with E-state index in [0.717, 1.165) is 48.1 Å². The zero-order valence-corrected chi connectivity index (χ0v) is 18.9. The molecule has 0 radical (unpaired) electrons. The van der Waals surface area contributed by atoms with E-state index in [9.17, 15) is 15.0 Å². The van der Waals surface area contributed by atoms with Gasteiger partial charge in [0.2, 0.25) is 0 Å². The zero-order valence-electron chi connectivity index (χ0n) is 16.6. The lowest BCUT2D eigenvalue weighted by molar-refractivity contribution is 0.102. The molecule has 1 aliphatic rings. The summed E-state index contributed by atoms with van der Waals surface area (Å²) >= 11 is 14.3. The molecule has 6 heteroatoms.